The fourth-order valence-electron chi connectivity index (χ4n) is 4.77. The number of aromatic nitrogens is 1. The first kappa shape index (κ1) is 20.3. The number of amides is 1. The lowest BCUT2D eigenvalue weighted by molar-refractivity contribution is -0.121. The van der Waals surface area contributed by atoms with Gasteiger partial charge in [0.15, 0.2) is 0 Å². The molecule has 3 aromatic rings. The molecule has 0 aliphatic heterocycles. The third kappa shape index (κ3) is 4.43. The van der Waals surface area contributed by atoms with Crippen molar-refractivity contribution in [3.05, 3.63) is 84.8 Å². The lowest BCUT2D eigenvalue weighted by Crippen LogP contribution is -2.31. The third-order valence-corrected chi connectivity index (χ3v) is 6.33. The minimum Gasteiger partial charge on any atom is -0.326 e. The number of hydrogen-bond acceptors (Lipinski definition) is 2. The topological polar surface area (TPSA) is 42.0 Å². The predicted molar refractivity (Wildman–Crippen MR) is 120 cm³/mol. The molecule has 1 aromatic heterocycles. The van der Waals surface area contributed by atoms with Crippen molar-refractivity contribution in [2.24, 2.45) is 11.8 Å². The van der Waals surface area contributed by atoms with Crippen LogP contribution >= 0.6 is 0 Å². The summed E-state index contributed by atoms with van der Waals surface area (Å²) in [6, 6.07) is 16.4. The van der Waals surface area contributed by atoms with Gasteiger partial charge in [0, 0.05) is 23.2 Å². The van der Waals surface area contributed by atoms with Gasteiger partial charge in [0.25, 0.3) is 0 Å². The van der Waals surface area contributed by atoms with Crippen molar-refractivity contribution in [1.29, 1.82) is 0 Å². The molecule has 1 aliphatic carbocycles. The minimum absolute atomic E-state index is 0.000630. The number of halogens is 1. The van der Waals surface area contributed by atoms with Crippen molar-refractivity contribution in [3.63, 3.8) is 0 Å². The van der Waals surface area contributed by atoms with E-state index < -0.39 is 0 Å². The van der Waals surface area contributed by atoms with E-state index in [2.05, 4.69) is 41.1 Å². The summed E-state index contributed by atoms with van der Waals surface area (Å²) in [5.41, 5.74) is 3.04. The Balaban J connectivity index is 1.44. The van der Waals surface area contributed by atoms with E-state index in [1.165, 1.54) is 23.1 Å². The quantitative estimate of drug-likeness (QED) is 0.480. The number of fused-ring (bicyclic) bond motifs is 1. The summed E-state index contributed by atoms with van der Waals surface area (Å²) in [4.78, 5) is 17.4. The van der Waals surface area contributed by atoms with Crippen LogP contribution in [0.5, 0.6) is 0 Å². The largest absolute Gasteiger partial charge is 0.326 e. The van der Waals surface area contributed by atoms with Crippen molar-refractivity contribution in [2.75, 3.05) is 5.32 Å². The molecule has 2 aromatic carbocycles. The van der Waals surface area contributed by atoms with Crippen molar-refractivity contribution in [2.45, 2.75) is 38.0 Å². The van der Waals surface area contributed by atoms with Crippen molar-refractivity contribution in [3.8, 4) is 0 Å². The molecule has 0 saturated heterocycles. The molecule has 0 bridgehead atoms. The molecule has 1 heterocycles. The van der Waals surface area contributed by atoms with E-state index in [0.717, 1.165) is 31.2 Å². The highest BCUT2D eigenvalue weighted by atomic mass is 19.1. The average molecular weight is 403 g/mol. The Morgan fingerprint density at radius 2 is 1.83 bits per heavy atom. The summed E-state index contributed by atoms with van der Waals surface area (Å²) in [5, 5.41) is 4.19. The van der Waals surface area contributed by atoms with E-state index in [1.807, 2.05) is 18.3 Å². The number of carbonyl (C=O) groups excluding carboxylic acids is 1. The molecule has 0 spiro atoms. The fraction of sp³-hybridized carbons (Fsp3) is 0.308. The Bertz CT molecular complexity index is 1020. The van der Waals surface area contributed by atoms with Crippen LogP contribution in [0.25, 0.3) is 10.9 Å². The zero-order valence-corrected chi connectivity index (χ0v) is 17.1. The van der Waals surface area contributed by atoms with Gasteiger partial charge >= 0.3 is 0 Å². The zero-order valence-electron chi connectivity index (χ0n) is 17.1. The molecule has 4 rings (SSSR count). The van der Waals surface area contributed by atoms with Crippen LogP contribution in [0, 0.1) is 17.7 Å². The second kappa shape index (κ2) is 9.21. The van der Waals surface area contributed by atoms with Crippen LogP contribution in [0.3, 0.4) is 0 Å². The Labute approximate surface area is 177 Å². The van der Waals surface area contributed by atoms with E-state index in [1.54, 1.807) is 12.1 Å². The molecule has 1 aliphatic rings. The average Bonchev–Trinajstić information content (AvgIpc) is 2.79. The maximum Gasteiger partial charge on any atom is 0.228 e. The second-order valence-corrected chi connectivity index (χ2v) is 8.16. The molecule has 30 heavy (non-hydrogen) atoms. The Kier molecular flexibility index (Phi) is 6.22. The van der Waals surface area contributed by atoms with Crippen LogP contribution in [0.15, 0.2) is 73.4 Å². The monoisotopic (exact) mass is 402 g/mol. The molecule has 1 fully saturated rings. The first-order valence-electron chi connectivity index (χ1n) is 10.7. The number of nitrogens with zero attached hydrogens (tertiary/aromatic N) is 1. The van der Waals surface area contributed by atoms with Gasteiger partial charge in [0.05, 0.1) is 5.52 Å². The Morgan fingerprint density at radius 3 is 2.57 bits per heavy atom. The smallest absolute Gasteiger partial charge is 0.228 e. The molecule has 0 unspecified atom stereocenters. The number of nitrogens with one attached hydrogen (secondary N) is 1. The molecular weight excluding hydrogens is 375 g/mol. The van der Waals surface area contributed by atoms with Gasteiger partial charge in [0.2, 0.25) is 5.91 Å². The van der Waals surface area contributed by atoms with E-state index >= 15 is 0 Å². The minimum atomic E-state index is -0.308. The molecule has 3 nitrogen and oxygen atoms in total. The first-order chi connectivity index (χ1) is 14.7. The van der Waals surface area contributed by atoms with Gasteiger partial charge in [-0.3, -0.25) is 9.78 Å². The summed E-state index contributed by atoms with van der Waals surface area (Å²) < 4.78 is 13.1. The number of benzene rings is 2. The van der Waals surface area contributed by atoms with E-state index in [-0.39, 0.29) is 17.6 Å². The van der Waals surface area contributed by atoms with Gasteiger partial charge in [-0.2, -0.15) is 0 Å². The van der Waals surface area contributed by atoms with Gasteiger partial charge in [-0.1, -0.05) is 24.3 Å². The lowest BCUT2D eigenvalue weighted by atomic mass is 9.72. The number of anilines is 1. The van der Waals surface area contributed by atoms with Gasteiger partial charge in [-0.05, 0) is 85.9 Å². The van der Waals surface area contributed by atoms with E-state index in [4.69, 9.17) is 0 Å². The highest BCUT2D eigenvalue weighted by Crippen LogP contribution is 2.41. The Hall–Kier alpha value is -3.01. The highest BCUT2D eigenvalue weighted by Gasteiger charge is 2.32. The number of allylic oxidation sites excluding steroid dienone is 1. The molecular formula is C26H27FN2O. The zero-order chi connectivity index (χ0) is 20.9. The summed E-state index contributed by atoms with van der Waals surface area (Å²) in [6.07, 6.45) is 8.54. The van der Waals surface area contributed by atoms with E-state index in [9.17, 15) is 9.18 Å². The number of rotatable bonds is 6. The van der Waals surface area contributed by atoms with Crippen molar-refractivity contribution in [1.82, 2.24) is 4.98 Å². The van der Waals surface area contributed by atoms with Crippen molar-refractivity contribution >= 4 is 22.5 Å². The molecule has 1 saturated carbocycles. The summed E-state index contributed by atoms with van der Waals surface area (Å²) in [7, 11) is 0. The van der Waals surface area contributed by atoms with Gasteiger partial charge < -0.3 is 5.32 Å². The number of carbonyl (C=O) groups is 1. The summed E-state index contributed by atoms with van der Waals surface area (Å²) in [6.45, 7) is 3.86. The molecule has 1 amide bonds. The van der Waals surface area contributed by atoms with Gasteiger partial charge in [0.1, 0.15) is 5.82 Å². The number of hydrogen-bond donors (Lipinski definition) is 1. The van der Waals surface area contributed by atoms with Crippen LogP contribution in [0.2, 0.25) is 0 Å². The molecule has 4 heteroatoms. The maximum atomic E-state index is 13.1. The molecule has 0 radical (unpaired) electrons. The first-order valence-corrected chi connectivity index (χ1v) is 10.7. The standard InChI is InChI=1S/C26H27FN2O/c1-2-5-23(26(30)29-21-14-12-20(27)13-15-21)19-10-8-18(9-11-19)22-16-17-28-25-7-4-3-6-24(22)25/h2-4,6-7,12-19,23H,1,5,8-11H2,(H,29,30)/t18-,19-,23-/m1/s1. The van der Waals surface area contributed by atoms with Gasteiger partial charge in [-0.15, -0.1) is 6.58 Å². The summed E-state index contributed by atoms with van der Waals surface area (Å²) >= 11 is 0. The van der Waals surface area contributed by atoms with Crippen LogP contribution < -0.4 is 5.32 Å². The number of para-hydroxylation sites is 1. The fourth-order valence-corrected chi connectivity index (χ4v) is 4.77. The van der Waals surface area contributed by atoms with Gasteiger partial charge in [-0.25, -0.2) is 4.39 Å². The second-order valence-electron chi connectivity index (χ2n) is 8.16. The lowest BCUT2D eigenvalue weighted by Gasteiger charge is -2.33. The van der Waals surface area contributed by atoms with Crippen LogP contribution in [0.1, 0.15) is 43.6 Å². The normalized spacial score (nSPS) is 19.9. The molecule has 154 valence electrons. The van der Waals surface area contributed by atoms with Crippen LogP contribution in [-0.2, 0) is 4.79 Å². The van der Waals surface area contributed by atoms with Crippen molar-refractivity contribution < 1.29 is 9.18 Å². The van der Waals surface area contributed by atoms with E-state index in [0.29, 0.717) is 23.9 Å². The summed E-state index contributed by atoms with van der Waals surface area (Å²) in [5.74, 6) is 0.408. The van der Waals surface area contributed by atoms with Crippen LogP contribution in [-0.4, -0.2) is 10.9 Å². The number of pyridine rings is 1. The maximum absolute atomic E-state index is 13.1. The third-order valence-electron chi connectivity index (χ3n) is 6.33. The predicted octanol–water partition coefficient (Wildman–Crippen LogP) is 6.48. The highest BCUT2D eigenvalue weighted by molar-refractivity contribution is 5.92. The molecule has 1 atom stereocenters. The molecule has 1 N–H and O–H groups in total. The van der Waals surface area contributed by atoms with Crippen LogP contribution in [0.4, 0.5) is 10.1 Å². The Morgan fingerprint density at radius 1 is 1.10 bits per heavy atom. The SMILES string of the molecule is C=CC[C@@H](C(=O)Nc1ccc(F)cc1)[C@H]1CC[C@H](c2ccnc3ccccc32)CC1.